The van der Waals surface area contributed by atoms with Crippen molar-refractivity contribution in [1.29, 1.82) is 0 Å². The predicted molar refractivity (Wildman–Crippen MR) is 222 cm³/mol. The molecule has 9 aromatic rings. The van der Waals surface area contributed by atoms with Crippen molar-refractivity contribution in [2.75, 3.05) is 0 Å². The predicted octanol–water partition coefficient (Wildman–Crippen LogP) is 13.6. The smallest absolute Gasteiger partial charge is 0.0547 e. The molecule has 2 aromatic heterocycles. The number of rotatable bonds is 5. The van der Waals surface area contributed by atoms with E-state index in [9.17, 15) is 0 Å². The second-order valence-corrected chi connectivity index (χ2v) is 13.7. The van der Waals surface area contributed by atoms with E-state index < -0.39 is 0 Å². The van der Waals surface area contributed by atoms with E-state index in [1.54, 1.807) is 0 Å². The van der Waals surface area contributed by atoms with Crippen LogP contribution in [0.2, 0.25) is 0 Å². The maximum atomic E-state index is 4.15. The van der Waals surface area contributed by atoms with E-state index in [1.165, 1.54) is 99.4 Å². The molecular weight excluding hydrogens is 629 g/mol. The van der Waals surface area contributed by atoms with Gasteiger partial charge in [0.05, 0.1) is 22.1 Å². The van der Waals surface area contributed by atoms with Crippen molar-refractivity contribution in [3.63, 3.8) is 0 Å². The Bertz CT molecular complexity index is 2970. The molecule has 0 fully saturated rings. The van der Waals surface area contributed by atoms with E-state index in [0.717, 1.165) is 5.69 Å². The van der Waals surface area contributed by atoms with Gasteiger partial charge in [0.15, 0.2) is 0 Å². The van der Waals surface area contributed by atoms with Crippen LogP contribution in [0.3, 0.4) is 0 Å². The first-order valence-electron chi connectivity index (χ1n) is 18.0. The SMILES string of the molecule is C=CC1=C(C)c2cccc(-c3ccc4c5cc(-c6ccc7c(c6)c6ccccc6n7-c6ccccc6)ccc5n(-c5ccccc5)c4c3)c2/C1=C\C. The van der Waals surface area contributed by atoms with Gasteiger partial charge in [-0.2, -0.15) is 0 Å². The standard InChI is InChI=1S/C50H36N2/c1-4-38-32(3)40-20-14-21-41(50(40)39(38)5-2)35-23-26-43-45-30-34(25-28-48(45)52(49(43)31-35)37-17-10-7-11-18-37)33-24-27-47-44(29-33)42-19-12-13-22-46(42)51(47)36-15-8-6-9-16-36/h4-31H,1H2,2-3H3/b39-5-. The summed E-state index contributed by atoms with van der Waals surface area (Å²) < 4.78 is 4.80. The van der Waals surface area contributed by atoms with Crippen LogP contribution in [0, 0.1) is 0 Å². The zero-order valence-electron chi connectivity index (χ0n) is 29.3. The van der Waals surface area contributed by atoms with Gasteiger partial charge in [0, 0.05) is 32.9 Å². The fraction of sp³-hybridized carbons (Fsp3) is 0.0400. The van der Waals surface area contributed by atoms with Crippen LogP contribution in [0.4, 0.5) is 0 Å². The van der Waals surface area contributed by atoms with Gasteiger partial charge in [-0.15, -0.1) is 0 Å². The number of benzene rings is 7. The molecule has 2 heteroatoms. The Morgan fingerprint density at radius 3 is 1.63 bits per heavy atom. The maximum Gasteiger partial charge on any atom is 0.0547 e. The van der Waals surface area contributed by atoms with Crippen molar-refractivity contribution < 1.29 is 0 Å². The normalized spacial score (nSPS) is 13.6. The quantitative estimate of drug-likeness (QED) is 0.173. The van der Waals surface area contributed by atoms with Gasteiger partial charge >= 0.3 is 0 Å². The van der Waals surface area contributed by atoms with E-state index in [0.29, 0.717) is 0 Å². The van der Waals surface area contributed by atoms with Crippen LogP contribution in [-0.4, -0.2) is 9.13 Å². The molecule has 0 aliphatic heterocycles. The second kappa shape index (κ2) is 11.7. The van der Waals surface area contributed by atoms with Crippen LogP contribution < -0.4 is 0 Å². The highest BCUT2D eigenvalue weighted by atomic mass is 15.0. The summed E-state index contributed by atoms with van der Waals surface area (Å²) in [6.07, 6.45) is 4.23. The molecule has 0 radical (unpaired) electrons. The molecule has 0 N–H and O–H groups in total. The Morgan fingerprint density at radius 1 is 0.462 bits per heavy atom. The summed E-state index contributed by atoms with van der Waals surface area (Å²) in [5, 5.41) is 5.00. The minimum absolute atomic E-state index is 1.15. The van der Waals surface area contributed by atoms with Gasteiger partial charge in [0.2, 0.25) is 0 Å². The molecule has 0 bridgehead atoms. The van der Waals surface area contributed by atoms with Gasteiger partial charge in [0.25, 0.3) is 0 Å². The Labute approximate surface area is 303 Å². The maximum absolute atomic E-state index is 4.15. The first-order chi connectivity index (χ1) is 25.6. The van der Waals surface area contributed by atoms with E-state index in [1.807, 2.05) is 6.08 Å². The molecule has 0 atom stereocenters. The lowest BCUT2D eigenvalue weighted by Gasteiger charge is -2.13. The minimum atomic E-state index is 1.15. The Kier molecular flexibility index (Phi) is 6.81. The van der Waals surface area contributed by atoms with Crippen LogP contribution in [-0.2, 0) is 0 Å². The molecule has 0 unspecified atom stereocenters. The molecule has 0 saturated heterocycles. The summed E-state index contributed by atoms with van der Waals surface area (Å²) in [5.74, 6) is 0. The van der Waals surface area contributed by atoms with Crippen molar-refractivity contribution in [2.24, 2.45) is 0 Å². The molecule has 2 nitrogen and oxygen atoms in total. The first-order valence-corrected chi connectivity index (χ1v) is 18.0. The van der Waals surface area contributed by atoms with Crippen molar-refractivity contribution in [3.05, 3.63) is 193 Å². The Balaban J connectivity index is 1.17. The topological polar surface area (TPSA) is 9.86 Å². The molecular formula is C50H36N2. The first kappa shape index (κ1) is 30.2. The number of aromatic nitrogens is 2. The van der Waals surface area contributed by atoms with E-state index in [-0.39, 0.29) is 0 Å². The zero-order chi connectivity index (χ0) is 34.9. The number of allylic oxidation sites excluding steroid dienone is 5. The van der Waals surface area contributed by atoms with Gasteiger partial charge in [-0.25, -0.2) is 0 Å². The average molecular weight is 665 g/mol. The molecule has 0 amide bonds. The van der Waals surface area contributed by atoms with Crippen LogP contribution in [0.5, 0.6) is 0 Å². The van der Waals surface area contributed by atoms with Crippen molar-refractivity contribution in [2.45, 2.75) is 13.8 Å². The van der Waals surface area contributed by atoms with Crippen molar-refractivity contribution in [1.82, 2.24) is 9.13 Å². The summed E-state index contributed by atoms with van der Waals surface area (Å²) in [6, 6.07) is 57.8. The Morgan fingerprint density at radius 2 is 1.00 bits per heavy atom. The fourth-order valence-electron chi connectivity index (χ4n) is 8.67. The summed E-state index contributed by atoms with van der Waals surface area (Å²) in [6.45, 7) is 8.50. The lowest BCUT2D eigenvalue weighted by atomic mass is 9.91. The second-order valence-electron chi connectivity index (χ2n) is 13.7. The monoisotopic (exact) mass is 664 g/mol. The molecule has 0 saturated carbocycles. The zero-order valence-corrected chi connectivity index (χ0v) is 29.3. The molecule has 52 heavy (non-hydrogen) atoms. The average Bonchev–Trinajstić information content (AvgIpc) is 3.82. The van der Waals surface area contributed by atoms with Crippen molar-refractivity contribution in [3.8, 4) is 33.6 Å². The number of hydrogen-bond acceptors (Lipinski definition) is 0. The molecule has 1 aliphatic rings. The van der Waals surface area contributed by atoms with Gasteiger partial charge < -0.3 is 9.13 Å². The summed E-state index contributed by atoms with van der Waals surface area (Å²) in [5.41, 5.74) is 18.4. The number of nitrogens with zero attached hydrogens (tertiary/aromatic N) is 2. The van der Waals surface area contributed by atoms with Crippen LogP contribution >= 0.6 is 0 Å². The highest BCUT2D eigenvalue weighted by Gasteiger charge is 2.25. The van der Waals surface area contributed by atoms with Crippen molar-refractivity contribution >= 4 is 54.8 Å². The molecule has 2 heterocycles. The molecule has 10 rings (SSSR count). The van der Waals surface area contributed by atoms with E-state index >= 15 is 0 Å². The fourth-order valence-corrected chi connectivity index (χ4v) is 8.67. The molecule has 246 valence electrons. The number of hydrogen-bond donors (Lipinski definition) is 0. The van der Waals surface area contributed by atoms with Gasteiger partial charge in [0.1, 0.15) is 0 Å². The molecule has 7 aromatic carbocycles. The number of para-hydroxylation sites is 3. The van der Waals surface area contributed by atoms with E-state index in [2.05, 4.69) is 193 Å². The van der Waals surface area contributed by atoms with Gasteiger partial charge in [-0.1, -0.05) is 116 Å². The van der Waals surface area contributed by atoms with Crippen LogP contribution in [0.1, 0.15) is 25.0 Å². The third kappa shape index (κ3) is 4.37. The Hall–Kier alpha value is -6.64. The third-order valence-electron chi connectivity index (χ3n) is 11.0. The minimum Gasteiger partial charge on any atom is -0.309 e. The van der Waals surface area contributed by atoms with Gasteiger partial charge in [-0.05, 0) is 125 Å². The lowest BCUT2D eigenvalue weighted by Crippen LogP contribution is -1.94. The molecule has 0 spiro atoms. The summed E-state index contributed by atoms with van der Waals surface area (Å²) >= 11 is 0. The van der Waals surface area contributed by atoms with Gasteiger partial charge in [-0.3, -0.25) is 0 Å². The van der Waals surface area contributed by atoms with Crippen LogP contribution in [0.25, 0.3) is 88.4 Å². The highest BCUT2D eigenvalue weighted by molar-refractivity contribution is 6.14. The lowest BCUT2D eigenvalue weighted by molar-refractivity contribution is 1.18. The summed E-state index contributed by atoms with van der Waals surface area (Å²) in [7, 11) is 0. The van der Waals surface area contributed by atoms with Crippen LogP contribution in [0.15, 0.2) is 182 Å². The van der Waals surface area contributed by atoms with E-state index in [4.69, 9.17) is 0 Å². The summed E-state index contributed by atoms with van der Waals surface area (Å²) in [4.78, 5) is 0. The molecule has 1 aliphatic carbocycles. The number of fused-ring (bicyclic) bond motifs is 7. The largest absolute Gasteiger partial charge is 0.309 e. The highest BCUT2D eigenvalue weighted by Crippen LogP contribution is 2.47. The third-order valence-corrected chi connectivity index (χ3v) is 11.0.